The van der Waals surface area contributed by atoms with Crippen molar-refractivity contribution >= 4 is 26.2 Å². The van der Waals surface area contributed by atoms with E-state index >= 15 is 0 Å². The summed E-state index contributed by atoms with van der Waals surface area (Å²) < 4.78 is 87.8. The molecular formula is C10H14F2O8S2. The van der Waals surface area contributed by atoms with Gasteiger partial charge in [-0.25, -0.2) is 0 Å². The Labute approximate surface area is 125 Å². The van der Waals surface area contributed by atoms with Crippen molar-refractivity contribution in [1.82, 2.24) is 0 Å². The quantitative estimate of drug-likeness (QED) is 0.420. The lowest BCUT2D eigenvalue weighted by atomic mass is 9.97. The predicted octanol–water partition coefficient (Wildman–Crippen LogP) is 0.0110. The first-order valence-corrected chi connectivity index (χ1v) is 9.18. The summed E-state index contributed by atoms with van der Waals surface area (Å²) in [6.07, 6.45) is 0.346. The Morgan fingerprint density at radius 3 is 2.59 bits per heavy atom. The summed E-state index contributed by atoms with van der Waals surface area (Å²) in [5.41, 5.74) is 0. The topological polar surface area (TPSA) is 124 Å². The fourth-order valence-electron chi connectivity index (χ4n) is 2.93. The maximum Gasteiger partial charge on any atom is 0.402 e. The molecule has 1 aliphatic carbocycles. The molecular weight excluding hydrogens is 350 g/mol. The van der Waals surface area contributed by atoms with Crippen molar-refractivity contribution in [3.05, 3.63) is 0 Å². The van der Waals surface area contributed by atoms with E-state index in [0.717, 1.165) is 0 Å². The van der Waals surface area contributed by atoms with E-state index in [2.05, 4.69) is 8.92 Å². The SMILES string of the molecule is CC1CC2COS(=O)(=O)C1C2C(=O)OCC(F)(F)S(=O)(=O)O. The molecule has 0 aromatic heterocycles. The van der Waals surface area contributed by atoms with Crippen LogP contribution in [0.25, 0.3) is 0 Å². The molecule has 8 nitrogen and oxygen atoms in total. The molecule has 1 N–H and O–H groups in total. The van der Waals surface area contributed by atoms with Gasteiger partial charge in [-0.05, 0) is 18.3 Å². The smallest absolute Gasteiger partial charge is 0.402 e. The zero-order valence-electron chi connectivity index (χ0n) is 11.3. The molecule has 128 valence electrons. The third kappa shape index (κ3) is 2.96. The summed E-state index contributed by atoms with van der Waals surface area (Å²) in [6, 6.07) is 0. The number of ether oxygens (including phenoxy) is 1. The molecule has 0 spiro atoms. The molecule has 0 aromatic rings. The zero-order valence-corrected chi connectivity index (χ0v) is 12.9. The fourth-order valence-corrected chi connectivity index (χ4v) is 5.03. The van der Waals surface area contributed by atoms with Crippen molar-refractivity contribution in [2.75, 3.05) is 13.2 Å². The molecule has 12 heteroatoms. The fraction of sp³-hybridized carbons (Fsp3) is 0.900. The van der Waals surface area contributed by atoms with E-state index in [0.29, 0.717) is 6.42 Å². The molecule has 0 amide bonds. The molecule has 4 unspecified atom stereocenters. The van der Waals surface area contributed by atoms with Crippen molar-refractivity contribution in [3.63, 3.8) is 0 Å². The normalized spacial score (nSPS) is 34.4. The van der Waals surface area contributed by atoms with Crippen LogP contribution in [0.4, 0.5) is 8.78 Å². The molecule has 2 rings (SSSR count). The molecule has 1 heterocycles. The van der Waals surface area contributed by atoms with Gasteiger partial charge in [0.25, 0.3) is 10.1 Å². The van der Waals surface area contributed by atoms with Gasteiger partial charge in [-0.2, -0.15) is 25.6 Å². The van der Waals surface area contributed by atoms with E-state index in [4.69, 9.17) is 4.55 Å². The monoisotopic (exact) mass is 364 g/mol. The van der Waals surface area contributed by atoms with Crippen LogP contribution in [0.3, 0.4) is 0 Å². The third-order valence-electron chi connectivity index (χ3n) is 3.91. The molecule has 1 saturated carbocycles. The van der Waals surface area contributed by atoms with Gasteiger partial charge in [0.1, 0.15) is 5.25 Å². The Hall–Kier alpha value is -0.850. The highest BCUT2D eigenvalue weighted by atomic mass is 32.2. The number of hydrogen-bond acceptors (Lipinski definition) is 7. The Balaban J connectivity index is 2.14. The van der Waals surface area contributed by atoms with E-state index in [1.165, 1.54) is 0 Å². The van der Waals surface area contributed by atoms with Crippen molar-refractivity contribution in [1.29, 1.82) is 0 Å². The maximum absolute atomic E-state index is 13.0. The highest BCUT2D eigenvalue weighted by molar-refractivity contribution is 7.87. The lowest BCUT2D eigenvalue weighted by molar-refractivity contribution is -0.156. The molecule has 0 aromatic carbocycles. The summed E-state index contributed by atoms with van der Waals surface area (Å²) in [4.78, 5) is 11.9. The number of alkyl halides is 2. The minimum absolute atomic E-state index is 0.252. The Morgan fingerprint density at radius 2 is 2.05 bits per heavy atom. The van der Waals surface area contributed by atoms with Crippen molar-refractivity contribution in [2.45, 2.75) is 23.8 Å². The molecule has 2 bridgehead atoms. The van der Waals surface area contributed by atoms with Crippen LogP contribution in [0.2, 0.25) is 0 Å². The molecule has 4 atom stereocenters. The van der Waals surface area contributed by atoms with Gasteiger partial charge in [-0.1, -0.05) is 6.92 Å². The second-order valence-electron chi connectivity index (χ2n) is 5.46. The van der Waals surface area contributed by atoms with Crippen LogP contribution in [0.15, 0.2) is 0 Å². The second-order valence-corrected chi connectivity index (χ2v) is 8.77. The largest absolute Gasteiger partial charge is 0.458 e. The first kappa shape index (κ1) is 17.5. The number of carbonyl (C=O) groups is 1. The summed E-state index contributed by atoms with van der Waals surface area (Å²) in [5, 5.41) is -5.87. The van der Waals surface area contributed by atoms with E-state index in [1.54, 1.807) is 6.92 Å². The highest BCUT2D eigenvalue weighted by Crippen LogP contribution is 2.45. The van der Waals surface area contributed by atoms with Gasteiger partial charge in [0.2, 0.25) is 0 Å². The third-order valence-corrected chi connectivity index (χ3v) is 6.67. The highest BCUT2D eigenvalue weighted by Gasteiger charge is 2.57. The van der Waals surface area contributed by atoms with Gasteiger partial charge in [-0.3, -0.25) is 13.5 Å². The van der Waals surface area contributed by atoms with Crippen molar-refractivity contribution in [3.8, 4) is 0 Å². The minimum atomic E-state index is -5.73. The number of esters is 1. The van der Waals surface area contributed by atoms with Crippen molar-refractivity contribution in [2.24, 2.45) is 17.8 Å². The number of halogens is 2. The molecule has 1 saturated heterocycles. The van der Waals surface area contributed by atoms with Crippen LogP contribution in [0.5, 0.6) is 0 Å². The van der Waals surface area contributed by atoms with Crippen molar-refractivity contribution < 1.29 is 43.9 Å². The molecule has 1 aliphatic heterocycles. The van der Waals surface area contributed by atoms with E-state index < -0.39 is 61.1 Å². The van der Waals surface area contributed by atoms with Crippen LogP contribution in [-0.2, 0) is 34.0 Å². The van der Waals surface area contributed by atoms with Gasteiger partial charge in [0.15, 0.2) is 6.61 Å². The predicted molar refractivity (Wildman–Crippen MR) is 66.9 cm³/mol. The summed E-state index contributed by atoms with van der Waals surface area (Å²) in [7, 11) is -9.74. The lowest BCUT2D eigenvalue weighted by Gasteiger charge is -2.28. The molecule has 2 fully saturated rings. The molecule has 22 heavy (non-hydrogen) atoms. The maximum atomic E-state index is 13.0. The summed E-state index contributed by atoms with van der Waals surface area (Å²) in [6.45, 7) is -0.544. The second kappa shape index (κ2) is 5.35. The Bertz CT molecular complexity index is 671. The summed E-state index contributed by atoms with van der Waals surface area (Å²) >= 11 is 0. The number of rotatable bonds is 4. The van der Waals surface area contributed by atoms with Gasteiger partial charge in [0.05, 0.1) is 12.5 Å². The van der Waals surface area contributed by atoms with Crippen LogP contribution in [-0.4, -0.2) is 51.1 Å². The van der Waals surface area contributed by atoms with Gasteiger partial charge in [0, 0.05) is 0 Å². The first-order chi connectivity index (χ1) is 9.87. The summed E-state index contributed by atoms with van der Waals surface area (Å²) in [5.74, 6) is -3.35. The standard InChI is InChI=1S/C10H14F2O8S2/c1-5-2-6-3-20-21(14,15)8(5)7(6)9(13)19-4-10(11,12)22(16,17)18/h5-8H,2-4H2,1H3,(H,16,17,18). The first-order valence-electron chi connectivity index (χ1n) is 6.26. The average Bonchev–Trinajstić information content (AvgIpc) is 2.64. The lowest BCUT2D eigenvalue weighted by Crippen LogP contribution is -2.45. The van der Waals surface area contributed by atoms with Crippen LogP contribution < -0.4 is 0 Å². The Kier molecular flexibility index (Phi) is 4.26. The van der Waals surface area contributed by atoms with E-state index in [9.17, 15) is 30.4 Å². The molecule has 2 aliphatic rings. The van der Waals surface area contributed by atoms with E-state index in [-0.39, 0.29) is 6.61 Å². The minimum Gasteiger partial charge on any atom is -0.458 e. The van der Waals surface area contributed by atoms with Crippen LogP contribution in [0, 0.1) is 17.8 Å². The van der Waals surface area contributed by atoms with Crippen LogP contribution in [0.1, 0.15) is 13.3 Å². The number of fused-ring (bicyclic) bond motifs is 2. The average molecular weight is 364 g/mol. The Morgan fingerprint density at radius 1 is 1.45 bits per heavy atom. The number of hydrogen-bond donors (Lipinski definition) is 1. The van der Waals surface area contributed by atoms with Gasteiger partial charge < -0.3 is 4.74 Å². The number of carbonyl (C=O) groups excluding carboxylic acids is 1. The molecule has 0 radical (unpaired) electrons. The van der Waals surface area contributed by atoms with Crippen LogP contribution >= 0.6 is 0 Å². The zero-order chi connectivity index (χ0) is 16.9. The van der Waals surface area contributed by atoms with E-state index in [1.807, 2.05) is 0 Å². The van der Waals surface area contributed by atoms with Gasteiger partial charge >= 0.3 is 21.3 Å². The van der Waals surface area contributed by atoms with Gasteiger partial charge in [-0.15, -0.1) is 0 Å².